The molecule has 0 unspecified atom stereocenters. The van der Waals surface area contributed by atoms with E-state index in [9.17, 15) is 0 Å². The van der Waals surface area contributed by atoms with Crippen LogP contribution in [0.3, 0.4) is 0 Å². The monoisotopic (exact) mass is 357 g/mol. The lowest BCUT2D eigenvalue weighted by Gasteiger charge is -2.37. The third kappa shape index (κ3) is 3.50. The van der Waals surface area contributed by atoms with Gasteiger partial charge in [0.25, 0.3) is 0 Å². The zero-order chi connectivity index (χ0) is 18.8. The Hall–Kier alpha value is -2.94. The van der Waals surface area contributed by atoms with Crippen molar-refractivity contribution < 1.29 is 0 Å². The van der Waals surface area contributed by atoms with Crippen LogP contribution in [-0.2, 0) is 0 Å². The van der Waals surface area contributed by atoms with Gasteiger partial charge in [0.15, 0.2) is 0 Å². The molecule has 0 aromatic heterocycles. The molecule has 0 aliphatic heterocycles. The standard InChI is InChI=1S/C24H27N3/c25-22-10-4-1-7-19(22)16-13-17(20-8-2-5-11-23(20)26)15-18(14-16)21-9-3-6-12-24(21)27/h1-12,16-18H,13-15,25-27H2. The summed E-state index contributed by atoms with van der Waals surface area (Å²) in [4.78, 5) is 0. The maximum atomic E-state index is 6.33. The average Bonchev–Trinajstić information content (AvgIpc) is 2.69. The average molecular weight is 358 g/mol. The van der Waals surface area contributed by atoms with Crippen LogP contribution in [0.1, 0.15) is 53.7 Å². The normalized spacial score (nSPS) is 22.4. The summed E-state index contributed by atoms with van der Waals surface area (Å²) in [7, 11) is 0. The second-order valence-corrected chi connectivity index (χ2v) is 7.68. The van der Waals surface area contributed by atoms with Crippen molar-refractivity contribution >= 4 is 17.1 Å². The van der Waals surface area contributed by atoms with E-state index < -0.39 is 0 Å². The molecular weight excluding hydrogens is 330 g/mol. The van der Waals surface area contributed by atoms with E-state index in [-0.39, 0.29) is 0 Å². The van der Waals surface area contributed by atoms with Gasteiger partial charge in [-0.3, -0.25) is 0 Å². The van der Waals surface area contributed by atoms with Crippen molar-refractivity contribution in [3.63, 3.8) is 0 Å². The number of hydrogen-bond donors (Lipinski definition) is 3. The molecule has 4 rings (SSSR count). The number of nitrogens with two attached hydrogens (primary N) is 3. The van der Waals surface area contributed by atoms with E-state index in [0.717, 1.165) is 36.3 Å². The molecule has 1 fully saturated rings. The molecule has 0 amide bonds. The van der Waals surface area contributed by atoms with Crippen molar-refractivity contribution in [2.75, 3.05) is 17.2 Å². The van der Waals surface area contributed by atoms with E-state index in [1.807, 2.05) is 36.4 Å². The number of benzene rings is 3. The second-order valence-electron chi connectivity index (χ2n) is 7.68. The van der Waals surface area contributed by atoms with Crippen LogP contribution in [0.5, 0.6) is 0 Å². The second kappa shape index (κ2) is 7.36. The first kappa shape index (κ1) is 17.5. The number of anilines is 3. The molecule has 3 nitrogen and oxygen atoms in total. The smallest absolute Gasteiger partial charge is 0.0349 e. The van der Waals surface area contributed by atoms with Crippen molar-refractivity contribution in [2.45, 2.75) is 37.0 Å². The topological polar surface area (TPSA) is 78.1 Å². The highest BCUT2D eigenvalue weighted by molar-refractivity contribution is 5.53. The van der Waals surface area contributed by atoms with Crippen LogP contribution in [-0.4, -0.2) is 0 Å². The van der Waals surface area contributed by atoms with Crippen LogP contribution in [0.4, 0.5) is 17.1 Å². The summed E-state index contributed by atoms with van der Waals surface area (Å²) in [6, 6.07) is 24.8. The molecule has 0 atom stereocenters. The van der Waals surface area contributed by atoms with Crippen molar-refractivity contribution in [1.29, 1.82) is 0 Å². The SMILES string of the molecule is Nc1ccccc1C1CC(c2ccccc2N)CC(c2ccccc2N)C1. The predicted octanol–water partition coefficient (Wildman–Crippen LogP) is 5.27. The molecule has 138 valence electrons. The highest BCUT2D eigenvalue weighted by Gasteiger charge is 2.33. The summed E-state index contributed by atoms with van der Waals surface area (Å²) in [5.41, 5.74) is 25.4. The van der Waals surface area contributed by atoms with E-state index in [0.29, 0.717) is 17.8 Å². The van der Waals surface area contributed by atoms with Crippen LogP contribution in [0.15, 0.2) is 72.8 Å². The van der Waals surface area contributed by atoms with Crippen molar-refractivity contribution in [2.24, 2.45) is 0 Å². The van der Waals surface area contributed by atoms with Crippen LogP contribution >= 0.6 is 0 Å². The number of para-hydroxylation sites is 3. The molecule has 3 heteroatoms. The summed E-state index contributed by atoms with van der Waals surface area (Å²) in [6.45, 7) is 0. The highest BCUT2D eigenvalue weighted by atomic mass is 14.6. The Bertz CT molecular complexity index is 806. The van der Waals surface area contributed by atoms with Crippen LogP contribution < -0.4 is 17.2 Å². The van der Waals surface area contributed by atoms with Crippen molar-refractivity contribution in [3.05, 3.63) is 89.5 Å². The Morgan fingerprint density at radius 2 is 0.704 bits per heavy atom. The Morgan fingerprint density at radius 3 is 0.963 bits per heavy atom. The molecule has 0 heterocycles. The van der Waals surface area contributed by atoms with Gasteiger partial charge in [0, 0.05) is 17.1 Å². The molecule has 0 saturated heterocycles. The fourth-order valence-corrected chi connectivity index (χ4v) is 4.73. The van der Waals surface area contributed by atoms with Gasteiger partial charge in [-0.2, -0.15) is 0 Å². The lowest BCUT2D eigenvalue weighted by molar-refractivity contribution is 0.353. The zero-order valence-electron chi connectivity index (χ0n) is 15.5. The maximum Gasteiger partial charge on any atom is 0.0349 e. The van der Waals surface area contributed by atoms with E-state index in [4.69, 9.17) is 17.2 Å². The Kier molecular flexibility index (Phi) is 4.76. The Labute approximate surface area is 161 Å². The first-order valence-electron chi connectivity index (χ1n) is 9.66. The summed E-state index contributed by atoms with van der Waals surface area (Å²) in [6.07, 6.45) is 3.18. The fourth-order valence-electron chi connectivity index (χ4n) is 4.73. The molecular formula is C24H27N3. The third-order valence-electron chi connectivity index (χ3n) is 6.01. The van der Waals surface area contributed by atoms with E-state index >= 15 is 0 Å². The predicted molar refractivity (Wildman–Crippen MR) is 115 cm³/mol. The Balaban J connectivity index is 1.74. The highest BCUT2D eigenvalue weighted by Crippen LogP contribution is 2.50. The third-order valence-corrected chi connectivity index (χ3v) is 6.01. The first-order valence-corrected chi connectivity index (χ1v) is 9.66. The van der Waals surface area contributed by atoms with Gasteiger partial charge in [0.2, 0.25) is 0 Å². The fraction of sp³-hybridized carbons (Fsp3) is 0.250. The quantitative estimate of drug-likeness (QED) is 0.559. The van der Waals surface area contributed by atoms with Gasteiger partial charge >= 0.3 is 0 Å². The van der Waals surface area contributed by atoms with Crippen molar-refractivity contribution in [1.82, 2.24) is 0 Å². The van der Waals surface area contributed by atoms with Gasteiger partial charge in [0.05, 0.1) is 0 Å². The minimum atomic E-state index is 0.397. The molecule has 6 N–H and O–H groups in total. The van der Waals surface area contributed by atoms with Gasteiger partial charge in [0.1, 0.15) is 0 Å². The molecule has 1 aliphatic rings. The minimum Gasteiger partial charge on any atom is -0.398 e. The molecule has 1 aliphatic carbocycles. The van der Waals surface area contributed by atoms with E-state index in [1.165, 1.54) is 16.7 Å². The summed E-state index contributed by atoms with van der Waals surface area (Å²) in [5.74, 6) is 1.19. The van der Waals surface area contributed by atoms with Crippen LogP contribution in [0.25, 0.3) is 0 Å². The van der Waals surface area contributed by atoms with Gasteiger partial charge in [-0.1, -0.05) is 54.6 Å². The molecule has 27 heavy (non-hydrogen) atoms. The number of nitrogen functional groups attached to an aromatic ring is 3. The van der Waals surface area contributed by atoms with Gasteiger partial charge < -0.3 is 17.2 Å². The lowest BCUT2D eigenvalue weighted by atomic mass is 9.68. The van der Waals surface area contributed by atoms with Crippen LogP contribution in [0, 0.1) is 0 Å². The van der Waals surface area contributed by atoms with Crippen molar-refractivity contribution in [3.8, 4) is 0 Å². The molecule has 0 radical (unpaired) electrons. The molecule has 0 spiro atoms. The van der Waals surface area contributed by atoms with E-state index in [1.54, 1.807) is 0 Å². The molecule has 1 saturated carbocycles. The molecule has 3 aromatic carbocycles. The van der Waals surface area contributed by atoms with Gasteiger partial charge in [-0.05, 0) is 71.9 Å². The van der Waals surface area contributed by atoms with Gasteiger partial charge in [-0.15, -0.1) is 0 Å². The van der Waals surface area contributed by atoms with E-state index in [2.05, 4.69) is 36.4 Å². The summed E-state index contributed by atoms with van der Waals surface area (Å²) < 4.78 is 0. The number of hydrogen-bond acceptors (Lipinski definition) is 3. The zero-order valence-corrected chi connectivity index (χ0v) is 15.5. The lowest BCUT2D eigenvalue weighted by Crippen LogP contribution is -2.21. The largest absolute Gasteiger partial charge is 0.398 e. The first-order chi connectivity index (χ1) is 13.1. The maximum absolute atomic E-state index is 6.33. The molecule has 3 aromatic rings. The minimum absolute atomic E-state index is 0.397. The van der Waals surface area contributed by atoms with Crippen LogP contribution in [0.2, 0.25) is 0 Å². The molecule has 0 bridgehead atoms. The Morgan fingerprint density at radius 1 is 0.444 bits per heavy atom. The summed E-state index contributed by atoms with van der Waals surface area (Å²) in [5, 5.41) is 0. The van der Waals surface area contributed by atoms with Gasteiger partial charge in [-0.25, -0.2) is 0 Å². The summed E-state index contributed by atoms with van der Waals surface area (Å²) >= 11 is 0. The number of rotatable bonds is 3.